The molecule has 0 bridgehead atoms. The number of nitrogens with one attached hydrogen (secondary N) is 1. The van der Waals surface area contributed by atoms with Crippen LogP contribution in [-0.4, -0.2) is 30.6 Å². The highest BCUT2D eigenvalue weighted by Gasteiger charge is 2.13. The van der Waals surface area contributed by atoms with E-state index in [-0.39, 0.29) is 16.6 Å². The molecule has 11 heteroatoms. The molecule has 0 aliphatic rings. The zero-order chi connectivity index (χ0) is 21.3. The Bertz CT molecular complexity index is 1310. The van der Waals surface area contributed by atoms with E-state index in [1.165, 1.54) is 35.6 Å². The van der Waals surface area contributed by atoms with Crippen LogP contribution in [0.3, 0.4) is 0 Å². The fourth-order valence-corrected chi connectivity index (χ4v) is 3.76. The average Bonchev–Trinajstić information content (AvgIpc) is 3.29. The van der Waals surface area contributed by atoms with Crippen molar-refractivity contribution in [3.8, 4) is 10.6 Å². The predicted molar refractivity (Wildman–Crippen MR) is 115 cm³/mol. The average molecular weight is 441 g/mol. The molecular formula is C19H13ClN6O3S. The van der Waals surface area contributed by atoms with Crippen LogP contribution in [0.5, 0.6) is 0 Å². The van der Waals surface area contributed by atoms with Crippen molar-refractivity contribution in [1.82, 2.24) is 19.8 Å². The Morgan fingerprint density at radius 3 is 2.87 bits per heavy atom. The van der Waals surface area contributed by atoms with Gasteiger partial charge in [0, 0.05) is 23.4 Å². The number of benzene rings is 2. The number of aryl methyl sites for hydroxylation is 1. The third-order valence-electron chi connectivity index (χ3n) is 4.12. The van der Waals surface area contributed by atoms with Crippen molar-refractivity contribution in [3.63, 3.8) is 0 Å². The number of halogens is 1. The molecule has 0 unspecified atom stereocenters. The van der Waals surface area contributed by atoms with E-state index in [1.807, 2.05) is 19.1 Å². The molecule has 4 rings (SSSR count). The molecule has 2 aromatic heterocycles. The van der Waals surface area contributed by atoms with Crippen LogP contribution < -0.4 is 5.32 Å². The molecule has 0 aliphatic heterocycles. The number of nitro benzene ring substituents is 1. The van der Waals surface area contributed by atoms with Crippen LogP contribution in [0, 0.1) is 17.0 Å². The molecule has 1 N–H and O–H groups in total. The largest absolute Gasteiger partial charge is 0.322 e. The smallest absolute Gasteiger partial charge is 0.288 e. The Morgan fingerprint density at radius 1 is 1.27 bits per heavy atom. The van der Waals surface area contributed by atoms with Crippen molar-refractivity contribution in [3.05, 3.63) is 75.1 Å². The number of nitrogens with zero attached hydrogens (tertiary/aromatic N) is 5. The fraction of sp³-hybridized carbons (Fsp3) is 0.0526. The van der Waals surface area contributed by atoms with Gasteiger partial charge in [-0.25, -0.2) is 0 Å². The topological polar surface area (TPSA) is 115 Å². The predicted octanol–water partition coefficient (Wildman–Crippen LogP) is 4.37. The molecule has 2 heterocycles. The molecule has 9 nitrogen and oxygen atoms in total. The molecule has 30 heavy (non-hydrogen) atoms. The van der Waals surface area contributed by atoms with Crippen molar-refractivity contribution in [2.45, 2.75) is 6.92 Å². The number of hydrogen-bond acceptors (Lipinski definition) is 7. The zero-order valence-corrected chi connectivity index (χ0v) is 17.0. The molecular weight excluding hydrogens is 428 g/mol. The summed E-state index contributed by atoms with van der Waals surface area (Å²) in [7, 11) is 0. The van der Waals surface area contributed by atoms with Crippen LogP contribution in [0.2, 0.25) is 5.02 Å². The van der Waals surface area contributed by atoms with E-state index in [0.29, 0.717) is 22.0 Å². The van der Waals surface area contributed by atoms with Gasteiger partial charge in [-0.15, -0.1) is 10.2 Å². The van der Waals surface area contributed by atoms with Crippen molar-refractivity contribution >= 4 is 51.3 Å². The Balaban J connectivity index is 1.50. The molecule has 1 amide bonds. The normalized spacial score (nSPS) is 11.3. The van der Waals surface area contributed by atoms with E-state index >= 15 is 0 Å². The monoisotopic (exact) mass is 440 g/mol. The van der Waals surface area contributed by atoms with E-state index in [9.17, 15) is 14.9 Å². The quantitative estimate of drug-likeness (QED) is 0.280. The van der Waals surface area contributed by atoms with Gasteiger partial charge in [0.2, 0.25) is 10.9 Å². The third-order valence-corrected chi connectivity index (χ3v) is 5.39. The first kappa shape index (κ1) is 19.7. The van der Waals surface area contributed by atoms with Gasteiger partial charge in [-0.2, -0.15) is 9.61 Å². The van der Waals surface area contributed by atoms with Gasteiger partial charge in [-0.3, -0.25) is 14.9 Å². The van der Waals surface area contributed by atoms with E-state index in [2.05, 4.69) is 20.6 Å². The van der Waals surface area contributed by atoms with Gasteiger partial charge in [-0.1, -0.05) is 41.1 Å². The van der Waals surface area contributed by atoms with Crippen molar-refractivity contribution < 1.29 is 9.72 Å². The van der Waals surface area contributed by atoms with Crippen LogP contribution in [-0.2, 0) is 4.79 Å². The maximum atomic E-state index is 12.3. The highest BCUT2D eigenvalue weighted by Crippen LogP contribution is 2.28. The number of fused-ring (bicyclic) bond motifs is 1. The van der Waals surface area contributed by atoms with Crippen molar-refractivity contribution in [1.29, 1.82) is 0 Å². The van der Waals surface area contributed by atoms with E-state index in [1.54, 1.807) is 22.7 Å². The second-order valence-electron chi connectivity index (χ2n) is 6.22. The zero-order valence-electron chi connectivity index (χ0n) is 15.4. The van der Waals surface area contributed by atoms with Gasteiger partial charge in [0.15, 0.2) is 5.82 Å². The Hall–Kier alpha value is -3.63. The lowest BCUT2D eigenvalue weighted by Crippen LogP contribution is -2.07. The number of carbonyl (C=O) groups excluding carboxylic acids is 1. The number of hydrogen-bond donors (Lipinski definition) is 1. The summed E-state index contributed by atoms with van der Waals surface area (Å²) in [6.45, 7) is 1.82. The summed E-state index contributed by atoms with van der Waals surface area (Å²) in [4.78, 5) is 23.4. The number of carbonyl (C=O) groups is 1. The molecule has 150 valence electrons. The molecule has 0 atom stereocenters. The summed E-state index contributed by atoms with van der Waals surface area (Å²) < 4.78 is 1.67. The SMILES string of the molecule is Cc1nnc2sc(-c3cccc(NC(=O)C=Cc4ccc(Cl)c([N+](=O)[O-])c4)c3)nn12. The summed E-state index contributed by atoms with van der Waals surface area (Å²) in [5.41, 5.74) is 1.70. The second kappa shape index (κ2) is 8.01. The highest BCUT2D eigenvalue weighted by atomic mass is 35.5. The van der Waals surface area contributed by atoms with Crippen LogP contribution in [0.15, 0.2) is 48.5 Å². The molecule has 0 saturated heterocycles. The first-order chi connectivity index (χ1) is 14.4. The van der Waals surface area contributed by atoms with E-state index in [4.69, 9.17) is 11.6 Å². The van der Waals surface area contributed by atoms with Gasteiger partial charge >= 0.3 is 0 Å². The third kappa shape index (κ3) is 4.04. The molecule has 0 spiro atoms. The lowest BCUT2D eigenvalue weighted by Gasteiger charge is -2.04. The summed E-state index contributed by atoms with van der Waals surface area (Å²) in [5, 5.41) is 27.0. The first-order valence-electron chi connectivity index (χ1n) is 8.63. The molecule has 2 aromatic carbocycles. The lowest BCUT2D eigenvalue weighted by atomic mass is 10.2. The number of aromatic nitrogens is 4. The van der Waals surface area contributed by atoms with Gasteiger partial charge < -0.3 is 5.32 Å². The van der Waals surface area contributed by atoms with Crippen LogP contribution >= 0.6 is 22.9 Å². The number of anilines is 1. The van der Waals surface area contributed by atoms with Crippen LogP contribution in [0.1, 0.15) is 11.4 Å². The van der Waals surface area contributed by atoms with Crippen molar-refractivity contribution in [2.24, 2.45) is 0 Å². The standard InChI is InChI=1S/C19H13ClN6O3S/c1-11-22-23-19-25(11)24-18(30-19)13-3-2-4-14(10-13)21-17(27)8-6-12-5-7-15(20)16(9-12)26(28)29/h2-10H,1H3,(H,21,27). The summed E-state index contributed by atoms with van der Waals surface area (Å²) in [6, 6.07) is 11.6. The van der Waals surface area contributed by atoms with Gasteiger partial charge in [-0.05, 0) is 36.8 Å². The highest BCUT2D eigenvalue weighted by molar-refractivity contribution is 7.19. The minimum atomic E-state index is -0.571. The van der Waals surface area contributed by atoms with Crippen LogP contribution in [0.25, 0.3) is 21.6 Å². The summed E-state index contributed by atoms with van der Waals surface area (Å²) in [5.74, 6) is 0.322. The maximum absolute atomic E-state index is 12.3. The molecule has 0 aliphatic carbocycles. The van der Waals surface area contributed by atoms with E-state index < -0.39 is 4.92 Å². The molecule has 0 saturated carbocycles. The fourth-order valence-electron chi connectivity index (χ4n) is 2.69. The van der Waals surface area contributed by atoms with E-state index in [0.717, 1.165) is 10.6 Å². The Morgan fingerprint density at radius 2 is 2.10 bits per heavy atom. The minimum Gasteiger partial charge on any atom is -0.322 e. The Labute approximate surface area is 178 Å². The first-order valence-corrected chi connectivity index (χ1v) is 9.82. The maximum Gasteiger partial charge on any atom is 0.288 e. The van der Waals surface area contributed by atoms with Crippen molar-refractivity contribution in [2.75, 3.05) is 5.32 Å². The number of amides is 1. The van der Waals surface area contributed by atoms with Gasteiger partial charge in [0.1, 0.15) is 10.0 Å². The van der Waals surface area contributed by atoms with Crippen LogP contribution in [0.4, 0.5) is 11.4 Å². The van der Waals surface area contributed by atoms with Gasteiger partial charge in [0.25, 0.3) is 5.69 Å². The summed E-state index contributed by atoms with van der Waals surface area (Å²) >= 11 is 7.19. The Kier molecular flexibility index (Phi) is 5.25. The molecule has 4 aromatic rings. The minimum absolute atomic E-state index is 0.0407. The lowest BCUT2D eigenvalue weighted by molar-refractivity contribution is -0.384. The molecule has 0 radical (unpaired) electrons. The number of nitro groups is 1. The second-order valence-corrected chi connectivity index (χ2v) is 7.58. The van der Waals surface area contributed by atoms with Gasteiger partial charge in [0.05, 0.1) is 4.92 Å². The number of rotatable bonds is 5. The molecule has 0 fully saturated rings. The summed E-state index contributed by atoms with van der Waals surface area (Å²) in [6.07, 6.45) is 2.78.